The molecule has 0 fully saturated rings. The van der Waals surface area contributed by atoms with Crippen molar-refractivity contribution in [1.82, 2.24) is 4.31 Å². The van der Waals surface area contributed by atoms with Gasteiger partial charge in [0, 0.05) is 30.9 Å². The van der Waals surface area contributed by atoms with Gasteiger partial charge in [0.2, 0.25) is 15.9 Å². The number of carbonyl (C=O) groups excluding carboxylic acids is 1. The normalized spacial score (nSPS) is 11.4. The van der Waals surface area contributed by atoms with Gasteiger partial charge in [0.15, 0.2) is 0 Å². The molecule has 3 aromatic carbocycles. The van der Waals surface area contributed by atoms with Crippen LogP contribution in [-0.2, 0) is 21.4 Å². The van der Waals surface area contributed by atoms with Crippen molar-refractivity contribution in [2.75, 3.05) is 25.6 Å². The maximum absolute atomic E-state index is 14.3. The number of likely N-dealkylation sites (N-methyl/N-ethyl adjacent to an activating group) is 1. The summed E-state index contributed by atoms with van der Waals surface area (Å²) in [4.78, 5) is 14.4. The number of ether oxygens (including phenoxy) is 1. The molecule has 0 saturated carbocycles. The second-order valence-corrected chi connectivity index (χ2v) is 9.27. The molecule has 168 valence electrons. The Morgan fingerprint density at radius 2 is 1.69 bits per heavy atom. The topological polar surface area (TPSA) is 66.9 Å². The molecule has 32 heavy (non-hydrogen) atoms. The van der Waals surface area contributed by atoms with Crippen LogP contribution >= 0.6 is 0 Å². The third-order valence-corrected chi connectivity index (χ3v) is 6.90. The van der Waals surface area contributed by atoms with Crippen molar-refractivity contribution in [3.05, 3.63) is 89.7 Å². The third-order valence-electron chi connectivity index (χ3n) is 5.09. The van der Waals surface area contributed by atoms with Crippen LogP contribution in [0.15, 0.2) is 77.7 Å². The lowest BCUT2D eigenvalue weighted by Crippen LogP contribution is -2.41. The van der Waals surface area contributed by atoms with E-state index in [2.05, 4.69) is 0 Å². The largest absolute Gasteiger partial charge is 0.497 e. The molecule has 0 N–H and O–H groups in total. The Morgan fingerprint density at radius 3 is 2.34 bits per heavy atom. The molecular weight excluding hydrogens is 431 g/mol. The van der Waals surface area contributed by atoms with Gasteiger partial charge in [-0.05, 0) is 37.3 Å². The maximum Gasteiger partial charge on any atom is 0.243 e. The first kappa shape index (κ1) is 23.4. The van der Waals surface area contributed by atoms with Gasteiger partial charge in [0.05, 0.1) is 18.6 Å². The van der Waals surface area contributed by atoms with E-state index in [0.29, 0.717) is 11.4 Å². The Kier molecular flexibility index (Phi) is 7.27. The predicted molar refractivity (Wildman–Crippen MR) is 122 cm³/mol. The van der Waals surface area contributed by atoms with Crippen LogP contribution in [0.25, 0.3) is 0 Å². The second-order valence-electron chi connectivity index (χ2n) is 7.33. The maximum atomic E-state index is 14.3. The van der Waals surface area contributed by atoms with Crippen molar-refractivity contribution < 1.29 is 22.3 Å². The quantitative estimate of drug-likeness (QED) is 0.514. The SMILES string of the molecule is COc1cccc(N(C)C(=O)CN(Cc2ccccc2F)S(=O)(=O)c2ccc(C)cc2)c1. The van der Waals surface area contributed by atoms with Crippen LogP contribution < -0.4 is 9.64 Å². The number of hydrogen-bond donors (Lipinski definition) is 0. The van der Waals surface area contributed by atoms with Crippen LogP contribution in [-0.4, -0.2) is 39.3 Å². The molecule has 1 amide bonds. The van der Waals surface area contributed by atoms with Gasteiger partial charge >= 0.3 is 0 Å². The van der Waals surface area contributed by atoms with Crippen LogP contribution in [0, 0.1) is 12.7 Å². The molecule has 0 heterocycles. The van der Waals surface area contributed by atoms with E-state index in [4.69, 9.17) is 4.74 Å². The Morgan fingerprint density at radius 1 is 1.00 bits per heavy atom. The van der Waals surface area contributed by atoms with Gasteiger partial charge in [-0.3, -0.25) is 4.79 Å². The minimum Gasteiger partial charge on any atom is -0.497 e. The van der Waals surface area contributed by atoms with Gasteiger partial charge in [-0.25, -0.2) is 12.8 Å². The van der Waals surface area contributed by atoms with E-state index in [1.807, 2.05) is 6.92 Å². The van der Waals surface area contributed by atoms with Crippen molar-refractivity contribution in [3.8, 4) is 5.75 Å². The molecule has 3 aromatic rings. The summed E-state index contributed by atoms with van der Waals surface area (Å²) in [7, 11) is -0.990. The number of hydrogen-bond acceptors (Lipinski definition) is 4. The van der Waals surface area contributed by atoms with Crippen LogP contribution in [0.4, 0.5) is 10.1 Å². The first-order valence-corrected chi connectivity index (χ1v) is 11.4. The third kappa shape index (κ3) is 5.33. The molecule has 0 radical (unpaired) electrons. The first-order valence-electron chi connectivity index (χ1n) is 9.93. The Labute approximate surface area is 187 Å². The Hall–Kier alpha value is -3.23. The minimum atomic E-state index is -4.06. The molecule has 0 aliphatic carbocycles. The van der Waals surface area contributed by atoms with Gasteiger partial charge in [0.25, 0.3) is 0 Å². The summed E-state index contributed by atoms with van der Waals surface area (Å²) in [5.74, 6) is -0.437. The van der Waals surface area contributed by atoms with E-state index in [1.54, 1.807) is 49.5 Å². The average Bonchev–Trinajstić information content (AvgIpc) is 2.79. The van der Waals surface area contributed by atoms with Gasteiger partial charge < -0.3 is 9.64 Å². The summed E-state index contributed by atoms with van der Waals surface area (Å²) < 4.78 is 47.2. The number of amides is 1. The smallest absolute Gasteiger partial charge is 0.243 e. The van der Waals surface area contributed by atoms with Crippen molar-refractivity contribution in [2.45, 2.75) is 18.4 Å². The zero-order valence-corrected chi connectivity index (χ0v) is 19.0. The molecule has 0 aliphatic heterocycles. The summed E-state index contributed by atoms with van der Waals surface area (Å²) in [5.41, 5.74) is 1.63. The van der Waals surface area contributed by atoms with Crippen molar-refractivity contribution in [2.24, 2.45) is 0 Å². The van der Waals surface area contributed by atoms with E-state index < -0.39 is 28.3 Å². The van der Waals surface area contributed by atoms with Crippen molar-refractivity contribution in [1.29, 1.82) is 0 Å². The molecular formula is C24H25FN2O4S. The summed E-state index contributed by atoms with van der Waals surface area (Å²) in [6.45, 7) is 1.11. The minimum absolute atomic E-state index is 0.0382. The van der Waals surface area contributed by atoms with Gasteiger partial charge in [-0.1, -0.05) is 42.0 Å². The lowest BCUT2D eigenvalue weighted by molar-refractivity contribution is -0.118. The number of benzene rings is 3. The number of carbonyl (C=O) groups is 1. The zero-order valence-electron chi connectivity index (χ0n) is 18.2. The fraction of sp³-hybridized carbons (Fsp3) is 0.208. The highest BCUT2D eigenvalue weighted by atomic mass is 32.2. The van der Waals surface area contributed by atoms with E-state index >= 15 is 0 Å². The van der Waals surface area contributed by atoms with Crippen LogP contribution in [0.3, 0.4) is 0 Å². The number of aryl methyl sites for hydroxylation is 1. The lowest BCUT2D eigenvalue weighted by Gasteiger charge is -2.25. The van der Waals surface area contributed by atoms with Gasteiger partial charge in [-0.2, -0.15) is 4.31 Å². The molecule has 0 spiro atoms. The van der Waals surface area contributed by atoms with Crippen LogP contribution in [0.5, 0.6) is 5.75 Å². The van der Waals surface area contributed by atoms with E-state index in [-0.39, 0.29) is 17.0 Å². The highest BCUT2D eigenvalue weighted by molar-refractivity contribution is 7.89. The Bertz CT molecular complexity index is 1200. The fourth-order valence-electron chi connectivity index (χ4n) is 3.12. The van der Waals surface area contributed by atoms with E-state index in [1.165, 1.54) is 42.3 Å². The molecule has 0 saturated heterocycles. The first-order chi connectivity index (χ1) is 15.2. The van der Waals surface area contributed by atoms with E-state index in [9.17, 15) is 17.6 Å². The number of anilines is 1. The highest BCUT2D eigenvalue weighted by Gasteiger charge is 2.29. The molecule has 0 unspecified atom stereocenters. The molecule has 0 aromatic heterocycles. The number of halogens is 1. The molecule has 3 rings (SSSR count). The van der Waals surface area contributed by atoms with Crippen molar-refractivity contribution >= 4 is 21.6 Å². The van der Waals surface area contributed by atoms with Crippen LogP contribution in [0.1, 0.15) is 11.1 Å². The summed E-state index contributed by atoms with van der Waals surface area (Å²) in [6.07, 6.45) is 0. The highest BCUT2D eigenvalue weighted by Crippen LogP contribution is 2.23. The van der Waals surface area contributed by atoms with Gasteiger partial charge in [0.1, 0.15) is 11.6 Å². The molecule has 0 aliphatic rings. The number of nitrogens with zero attached hydrogens (tertiary/aromatic N) is 2. The number of rotatable bonds is 8. The Balaban J connectivity index is 1.93. The standard InChI is InChI=1S/C24H25FN2O4S/c1-18-11-13-22(14-12-18)32(29,30)27(16-19-7-4-5-10-23(19)25)17-24(28)26(2)20-8-6-9-21(15-20)31-3/h4-15H,16-17H2,1-3H3. The van der Waals surface area contributed by atoms with Crippen LogP contribution in [0.2, 0.25) is 0 Å². The second kappa shape index (κ2) is 9.93. The number of methoxy groups -OCH3 is 1. The van der Waals surface area contributed by atoms with Gasteiger partial charge in [-0.15, -0.1) is 0 Å². The average molecular weight is 457 g/mol. The predicted octanol–water partition coefficient (Wildman–Crippen LogP) is 4.00. The summed E-state index contributed by atoms with van der Waals surface area (Å²) in [6, 6.07) is 19.1. The van der Waals surface area contributed by atoms with E-state index in [0.717, 1.165) is 9.87 Å². The monoisotopic (exact) mass is 456 g/mol. The molecule has 0 atom stereocenters. The fourth-order valence-corrected chi connectivity index (χ4v) is 4.49. The lowest BCUT2D eigenvalue weighted by atomic mass is 10.2. The number of sulfonamides is 1. The van der Waals surface area contributed by atoms with Crippen molar-refractivity contribution in [3.63, 3.8) is 0 Å². The zero-order chi connectivity index (χ0) is 23.3. The molecule has 0 bridgehead atoms. The molecule has 8 heteroatoms. The molecule has 6 nitrogen and oxygen atoms in total. The summed E-state index contributed by atoms with van der Waals surface area (Å²) in [5, 5.41) is 0. The summed E-state index contributed by atoms with van der Waals surface area (Å²) >= 11 is 0.